The molecule has 0 atom stereocenters. The molecule has 0 unspecified atom stereocenters. The van der Waals surface area contributed by atoms with Gasteiger partial charge in [0, 0.05) is 30.9 Å². The number of benzene rings is 1. The number of halogens is 2. The molecule has 5 nitrogen and oxygen atoms in total. The minimum Gasteiger partial charge on any atom is -0.435 e. The fourth-order valence-electron chi connectivity index (χ4n) is 4.22. The summed E-state index contributed by atoms with van der Waals surface area (Å²) < 4.78 is 29.3. The molecule has 2 heterocycles. The van der Waals surface area contributed by atoms with Crippen LogP contribution < -0.4 is 15.0 Å². The number of nitrogens with zero attached hydrogens (tertiary/aromatic N) is 3. The first-order chi connectivity index (χ1) is 14.1. The molecule has 1 saturated heterocycles. The number of alkyl halides is 2. The maximum Gasteiger partial charge on any atom is 0.387 e. The van der Waals surface area contributed by atoms with E-state index in [0.29, 0.717) is 12.0 Å². The first-order valence-corrected chi connectivity index (χ1v) is 10.5. The van der Waals surface area contributed by atoms with E-state index in [1.165, 1.54) is 12.8 Å². The molecule has 2 aromatic rings. The van der Waals surface area contributed by atoms with E-state index in [-0.39, 0.29) is 5.75 Å². The van der Waals surface area contributed by atoms with Crippen LogP contribution in [0, 0.1) is 5.92 Å². The normalized spacial score (nSPS) is 22.1. The summed E-state index contributed by atoms with van der Waals surface area (Å²) in [7, 11) is 0. The highest BCUT2D eigenvalue weighted by Crippen LogP contribution is 2.33. The first kappa shape index (κ1) is 19.9. The summed E-state index contributed by atoms with van der Waals surface area (Å²) >= 11 is 0. The second kappa shape index (κ2) is 8.93. The summed E-state index contributed by atoms with van der Waals surface area (Å²) in [5.74, 6) is 2.53. The van der Waals surface area contributed by atoms with Gasteiger partial charge in [-0.2, -0.15) is 13.8 Å². The molecule has 29 heavy (non-hydrogen) atoms. The van der Waals surface area contributed by atoms with Crippen LogP contribution in [0.5, 0.6) is 5.75 Å². The highest BCUT2D eigenvalue weighted by atomic mass is 19.3. The molecule has 0 bridgehead atoms. The van der Waals surface area contributed by atoms with Gasteiger partial charge in [0.2, 0.25) is 5.95 Å². The molecule has 0 amide bonds. The van der Waals surface area contributed by atoms with E-state index in [2.05, 4.69) is 26.9 Å². The number of nitrogens with one attached hydrogen (secondary N) is 1. The van der Waals surface area contributed by atoms with Gasteiger partial charge in [-0.05, 0) is 62.1 Å². The second-order valence-corrected chi connectivity index (χ2v) is 8.13. The number of hydrogen-bond acceptors (Lipinski definition) is 5. The van der Waals surface area contributed by atoms with Gasteiger partial charge < -0.3 is 15.0 Å². The topological polar surface area (TPSA) is 50.3 Å². The third-order valence-electron chi connectivity index (χ3n) is 5.91. The Labute approximate surface area is 170 Å². The Morgan fingerprint density at radius 2 is 1.76 bits per heavy atom. The van der Waals surface area contributed by atoms with Crippen molar-refractivity contribution in [2.24, 2.45) is 5.92 Å². The number of aromatic nitrogens is 2. The van der Waals surface area contributed by atoms with E-state index >= 15 is 0 Å². The Hall–Kier alpha value is -2.44. The molecule has 7 heteroatoms. The van der Waals surface area contributed by atoms with E-state index < -0.39 is 6.61 Å². The maximum absolute atomic E-state index is 12.4. The number of anilines is 2. The number of ether oxygens (including phenoxy) is 1. The molecule has 0 spiro atoms. The van der Waals surface area contributed by atoms with Gasteiger partial charge in [0.1, 0.15) is 11.6 Å². The zero-order valence-corrected chi connectivity index (χ0v) is 16.8. The Morgan fingerprint density at radius 3 is 2.41 bits per heavy atom. The molecule has 1 aromatic heterocycles. The van der Waals surface area contributed by atoms with E-state index in [0.717, 1.165) is 61.6 Å². The van der Waals surface area contributed by atoms with Crippen LogP contribution in [0.4, 0.5) is 20.5 Å². The van der Waals surface area contributed by atoms with Crippen LogP contribution in [0.3, 0.4) is 0 Å². The van der Waals surface area contributed by atoms with Crippen molar-refractivity contribution < 1.29 is 13.5 Å². The molecule has 1 N–H and O–H groups in total. The molecule has 1 aliphatic heterocycles. The summed E-state index contributed by atoms with van der Waals surface area (Å²) in [5, 5.41) is 3.52. The van der Waals surface area contributed by atoms with Crippen LogP contribution in [0.2, 0.25) is 0 Å². The molecular weight excluding hydrogens is 374 g/mol. The largest absolute Gasteiger partial charge is 0.435 e. The minimum atomic E-state index is -2.82. The summed E-state index contributed by atoms with van der Waals surface area (Å²) in [6.07, 6.45) is 8.91. The molecule has 0 radical (unpaired) electrons. The molecule has 1 saturated carbocycles. The molecule has 1 aromatic carbocycles. The molecule has 4 rings (SSSR count). The third-order valence-corrected chi connectivity index (χ3v) is 5.91. The van der Waals surface area contributed by atoms with Gasteiger partial charge >= 0.3 is 6.61 Å². The quantitative estimate of drug-likeness (QED) is 0.707. The van der Waals surface area contributed by atoms with E-state index in [9.17, 15) is 8.78 Å². The van der Waals surface area contributed by atoms with Crippen LogP contribution >= 0.6 is 0 Å². The monoisotopic (exact) mass is 402 g/mol. The average molecular weight is 402 g/mol. The third kappa shape index (κ3) is 4.95. The van der Waals surface area contributed by atoms with Crippen LogP contribution in [0.15, 0.2) is 30.5 Å². The van der Waals surface area contributed by atoms with Gasteiger partial charge in [0.25, 0.3) is 0 Å². The van der Waals surface area contributed by atoms with Crippen LogP contribution in [-0.4, -0.2) is 35.7 Å². The van der Waals surface area contributed by atoms with Crippen molar-refractivity contribution in [1.29, 1.82) is 0 Å². The zero-order chi connectivity index (χ0) is 20.2. The van der Waals surface area contributed by atoms with Crippen molar-refractivity contribution in [2.75, 3.05) is 23.3 Å². The van der Waals surface area contributed by atoms with Crippen LogP contribution in [0.25, 0.3) is 11.1 Å². The summed E-state index contributed by atoms with van der Waals surface area (Å²) in [6, 6.07) is 7.11. The highest BCUT2D eigenvalue weighted by molar-refractivity contribution is 5.76. The predicted octanol–water partition coefficient (Wildman–Crippen LogP) is 5.34. The van der Waals surface area contributed by atoms with Crippen LogP contribution in [-0.2, 0) is 0 Å². The van der Waals surface area contributed by atoms with Crippen molar-refractivity contribution in [3.05, 3.63) is 30.5 Å². The summed E-state index contributed by atoms with van der Waals surface area (Å²) in [6.45, 7) is 1.43. The standard InChI is InChI=1S/C22H28F2N4O/c1-15-4-8-17(9-5-15)26-22-25-14-19(20(27-22)28-12-2-3-13-28)16-6-10-18(11-7-16)29-21(23)24/h6-7,10-11,14-15,17,21H,2-5,8-9,12-13H2,1H3,(H,25,26,27). The smallest absolute Gasteiger partial charge is 0.387 e. The molecular formula is C22H28F2N4O. The molecule has 156 valence electrons. The van der Waals surface area contributed by atoms with E-state index in [1.807, 2.05) is 6.20 Å². The predicted molar refractivity (Wildman–Crippen MR) is 111 cm³/mol. The van der Waals surface area contributed by atoms with E-state index in [1.54, 1.807) is 24.3 Å². The first-order valence-electron chi connectivity index (χ1n) is 10.5. The van der Waals surface area contributed by atoms with Gasteiger partial charge in [0.05, 0.1) is 0 Å². The van der Waals surface area contributed by atoms with Gasteiger partial charge in [0.15, 0.2) is 0 Å². The highest BCUT2D eigenvalue weighted by Gasteiger charge is 2.22. The summed E-state index contributed by atoms with van der Waals surface area (Å²) in [4.78, 5) is 11.7. The second-order valence-electron chi connectivity index (χ2n) is 8.13. The van der Waals surface area contributed by atoms with Gasteiger partial charge in [-0.1, -0.05) is 19.1 Å². The Balaban J connectivity index is 1.57. The van der Waals surface area contributed by atoms with Crippen molar-refractivity contribution in [2.45, 2.75) is 58.1 Å². The Bertz CT molecular complexity index is 801. The van der Waals surface area contributed by atoms with Gasteiger partial charge in [-0.15, -0.1) is 0 Å². The van der Waals surface area contributed by atoms with Crippen LogP contribution in [0.1, 0.15) is 45.4 Å². The lowest BCUT2D eigenvalue weighted by Crippen LogP contribution is -2.27. The number of rotatable bonds is 6. The summed E-state index contributed by atoms with van der Waals surface area (Å²) in [5.41, 5.74) is 1.81. The lowest BCUT2D eigenvalue weighted by Gasteiger charge is -2.27. The Kier molecular flexibility index (Phi) is 6.11. The fraction of sp³-hybridized carbons (Fsp3) is 0.545. The lowest BCUT2D eigenvalue weighted by atomic mass is 9.87. The van der Waals surface area contributed by atoms with Crippen molar-refractivity contribution in [3.8, 4) is 16.9 Å². The zero-order valence-electron chi connectivity index (χ0n) is 16.8. The maximum atomic E-state index is 12.4. The van der Waals surface area contributed by atoms with E-state index in [4.69, 9.17) is 4.98 Å². The van der Waals surface area contributed by atoms with Crippen molar-refractivity contribution >= 4 is 11.8 Å². The lowest BCUT2D eigenvalue weighted by molar-refractivity contribution is -0.0498. The van der Waals surface area contributed by atoms with Crippen molar-refractivity contribution in [1.82, 2.24) is 9.97 Å². The number of hydrogen-bond donors (Lipinski definition) is 1. The Morgan fingerprint density at radius 1 is 1.07 bits per heavy atom. The fourth-order valence-corrected chi connectivity index (χ4v) is 4.22. The minimum absolute atomic E-state index is 0.150. The van der Waals surface area contributed by atoms with Gasteiger partial charge in [-0.25, -0.2) is 4.98 Å². The molecule has 2 aliphatic rings. The molecule has 1 aliphatic carbocycles. The van der Waals surface area contributed by atoms with Crippen molar-refractivity contribution in [3.63, 3.8) is 0 Å². The average Bonchev–Trinajstić information content (AvgIpc) is 3.25. The van der Waals surface area contributed by atoms with Gasteiger partial charge in [-0.3, -0.25) is 0 Å². The SMILES string of the molecule is CC1CCC(Nc2ncc(-c3ccc(OC(F)F)cc3)c(N3CCCC3)n2)CC1. The molecule has 2 fully saturated rings.